The predicted molar refractivity (Wildman–Crippen MR) is 92.9 cm³/mol. The molecule has 1 atom stereocenters. The van der Waals surface area contributed by atoms with Crippen LogP contribution in [0.25, 0.3) is 5.57 Å². The highest BCUT2D eigenvalue weighted by Crippen LogP contribution is 2.43. The molecule has 1 aromatic carbocycles. The molecule has 0 aliphatic heterocycles. The molecular formula is C20H28O2. The van der Waals surface area contributed by atoms with Gasteiger partial charge in [0.15, 0.2) is 0 Å². The van der Waals surface area contributed by atoms with Crippen molar-refractivity contribution >= 4 is 5.57 Å². The molecule has 2 heteroatoms. The molecule has 0 radical (unpaired) electrons. The molecule has 0 saturated carbocycles. The number of phenols is 1. The molecule has 2 rings (SSSR count). The van der Waals surface area contributed by atoms with E-state index in [0.717, 1.165) is 42.4 Å². The summed E-state index contributed by atoms with van der Waals surface area (Å²) in [6.45, 7) is 8.44. The number of aryl methyl sites for hydroxylation is 1. The van der Waals surface area contributed by atoms with Gasteiger partial charge in [-0.25, -0.2) is 0 Å². The maximum absolute atomic E-state index is 10.7. The van der Waals surface area contributed by atoms with Gasteiger partial charge in [0.1, 0.15) is 5.75 Å². The SMILES string of the molecule is CCC1=CC(c2ccc(O)c(CC)c2)=CC(CC)(CC)C1O. The first-order chi connectivity index (χ1) is 10.5. The van der Waals surface area contributed by atoms with E-state index >= 15 is 0 Å². The fourth-order valence-corrected chi connectivity index (χ4v) is 3.43. The van der Waals surface area contributed by atoms with Crippen molar-refractivity contribution in [1.29, 1.82) is 0 Å². The number of phenolic OH excluding ortho intramolecular Hbond substituents is 1. The van der Waals surface area contributed by atoms with Crippen LogP contribution in [0.15, 0.2) is 35.9 Å². The second-order valence-corrected chi connectivity index (χ2v) is 6.21. The van der Waals surface area contributed by atoms with E-state index in [1.165, 1.54) is 5.57 Å². The molecule has 2 nitrogen and oxygen atoms in total. The maximum atomic E-state index is 10.7. The molecule has 0 amide bonds. The smallest absolute Gasteiger partial charge is 0.118 e. The quantitative estimate of drug-likeness (QED) is 0.815. The lowest BCUT2D eigenvalue weighted by Crippen LogP contribution is -2.36. The Balaban J connectivity index is 2.55. The van der Waals surface area contributed by atoms with Crippen LogP contribution in [0.5, 0.6) is 5.75 Å². The van der Waals surface area contributed by atoms with Crippen LogP contribution in [-0.4, -0.2) is 16.3 Å². The highest BCUT2D eigenvalue weighted by molar-refractivity contribution is 5.78. The Labute approximate surface area is 134 Å². The van der Waals surface area contributed by atoms with Gasteiger partial charge in [0.05, 0.1) is 6.10 Å². The van der Waals surface area contributed by atoms with Crippen molar-refractivity contribution in [3.05, 3.63) is 47.1 Å². The van der Waals surface area contributed by atoms with Gasteiger partial charge in [0, 0.05) is 5.41 Å². The Bertz CT molecular complexity index is 592. The zero-order valence-corrected chi connectivity index (χ0v) is 14.2. The molecule has 0 spiro atoms. The fourth-order valence-electron chi connectivity index (χ4n) is 3.43. The predicted octanol–water partition coefficient (Wildman–Crippen LogP) is 4.86. The Hall–Kier alpha value is -1.54. The lowest BCUT2D eigenvalue weighted by Gasteiger charge is -2.39. The van der Waals surface area contributed by atoms with Crippen LogP contribution in [0, 0.1) is 5.41 Å². The fraction of sp³-hybridized carbons (Fsp3) is 0.500. The van der Waals surface area contributed by atoms with Crippen LogP contribution in [-0.2, 0) is 6.42 Å². The summed E-state index contributed by atoms with van der Waals surface area (Å²) in [6.07, 6.45) is 7.49. The van der Waals surface area contributed by atoms with Crippen LogP contribution in [0.3, 0.4) is 0 Å². The second-order valence-electron chi connectivity index (χ2n) is 6.21. The topological polar surface area (TPSA) is 40.5 Å². The van der Waals surface area contributed by atoms with E-state index in [-0.39, 0.29) is 11.5 Å². The van der Waals surface area contributed by atoms with Crippen molar-refractivity contribution in [3.8, 4) is 5.75 Å². The van der Waals surface area contributed by atoms with E-state index in [1.54, 1.807) is 6.07 Å². The van der Waals surface area contributed by atoms with Gasteiger partial charge in [-0.1, -0.05) is 45.9 Å². The highest BCUT2D eigenvalue weighted by atomic mass is 16.3. The van der Waals surface area contributed by atoms with Crippen molar-refractivity contribution in [2.24, 2.45) is 5.41 Å². The van der Waals surface area contributed by atoms with E-state index in [4.69, 9.17) is 0 Å². The van der Waals surface area contributed by atoms with E-state index in [1.807, 2.05) is 13.0 Å². The molecule has 1 unspecified atom stereocenters. The van der Waals surface area contributed by atoms with Crippen molar-refractivity contribution in [1.82, 2.24) is 0 Å². The zero-order chi connectivity index (χ0) is 16.3. The van der Waals surface area contributed by atoms with Crippen LogP contribution >= 0.6 is 0 Å². The van der Waals surface area contributed by atoms with Crippen LogP contribution in [0.4, 0.5) is 0 Å². The van der Waals surface area contributed by atoms with Crippen LogP contribution < -0.4 is 0 Å². The average molecular weight is 300 g/mol. The van der Waals surface area contributed by atoms with Gasteiger partial charge in [-0.05, 0) is 60.1 Å². The van der Waals surface area contributed by atoms with E-state index < -0.39 is 0 Å². The summed E-state index contributed by atoms with van der Waals surface area (Å²) >= 11 is 0. The summed E-state index contributed by atoms with van der Waals surface area (Å²) in [6, 6.07) is 5.82. The summed E-state index contributed by atoms with van der Waals surface area (Å²) in [5, 5.41) is 20.6. The molecule has 0 fully saturated rings. The van der Waals surface area contributed by atoms with E-state index in [2.05, 4.69) is 39.0 Å². The number of aromatic hydroxyl groups is 1. The summed E-state index contributed by atoms with van der Waals surface area (Å²) in [5.41, 5.74) is 4.18. The van der Waals surface area contributed by atoms with Gasteiger partial charge in [0.25, 0.3) is 0 Å². The second kappa shape index (κ2) is 6.70. The average Bonchev–Trinajstić information content (AvgIpc) is 2.56. The lowest BCUT2D eigenvalue weighted by molar-refractivity contribution is 0.0787. The normalized spacial score (nSPS) is 20.5. The molecule has 22 heavy (non-hydrogen) atoms. The first-order valence-electron chi connectivity index (χ1n) is 8.44. The molecule has 0 heterocycles. The minimum Gasteiger partial charge on any atom is -0.508 e. The number of allylic oxidation sites excluding steroid dienone is 2. The Morgan fingerprint density at radius 1 is 1.05 bits per heavy atom. The largest absolute Gasteiger partial charge is 0.508 e. The van der Waals surface area contributed by atoms with Gasteiger partial charge < -0.3 is 10.2 Å². The third-order valence-electron chi connectivity index (χ3n) is 5.20. The van der Waals surface area contributed by atoms with Crippen molar-refractivity contribution in [2.45, 2.75) is 59.5 Å². The lowest BCUT2D eigenvalue weighted by atomic mass is 9.69. The summed E-state index contributed by atoms with van der Waals surface area (Å²) < 4.78 is 0. The molecule has 0 bridgehead atoms. The number of rotatable bonds is 5. The first-order valence-corrected chi connectivity index (χ1v) is 8.44. The third-order valence-corrected chi connectivity index (χ3v) is 5.20. The summed E-state index contributed by atoms with van der Waals surface area (Å²) in [7, 11) is 0. The molecule has 120 valence electrons. The van der Waals surface area contributed by atoms with Gasteiger partial charge >= 0.3 is 0 Å². The Morgan fingerprint density at radius 2 is 1.73 bits per heavy atom. The first kappa shape index (κ1) is 16.8. The van der Waals surface area contributed by atoms with Crippen molar-refractivity contribution in [3.63, 3.8) is 0 Å². The Morgan fingerprint density at radius 3 is 2.27 bits per heavy atom. The van der Waals surface area contributed by atoms with E-state index in [9.17, 15) is 10.2 Å². The molecule has 2 N–H and O–H groups in total. The van der Waals surface area contributed by atoms with Crippen molar-refractivity contribution < 1.29 is 10.2 Å². The third kappa shape index (κ3) is 2.85. The minimum atomic E-state index is -0.390. The van der Waals surface area contributed by atoms with Crippen LogP contribution in [0.1, 0.15) is 58.1 Å². The van der Waals surface area contributed by atoms with Crippen LogP contribution in [0.2, 0.25) is 0 Å². The molecule has 0 aromatic heterocycles. The number of aliphatic hydroxyl groups is 1. The van der Waals surface area contributed by atoms with Gasteiger partial charge in [-0.3, -0.25) is 0 Å². The molecule has 0 saturated heterocycles. The number of benzene rings is 1. The minimum absolute atomic E-state index is 0.181. The number of aliphatic hydroxyl groups excluding tert-OH is 1. The van der Waals surface area contributed by atoms with E-state index in [0.29, 0.717) is 5.75 Å². The zero-order valence-electron chi connectivity index (χ0n) is 14.2. The summed E-state index contributed by atoms with van der Waals surface area (Å²) in [5.74, 6) is 0.361. The van der Waals surface area contributed by atoms with Gasteiger partial charge in [0.2, 0.25) is 0 Å². The number of hydrogen-bond acceptors (Lipinski definition) is 2. The molecule has 1 aliphatic rings. The van der Waals surface area contributed by atoms with Crippen molar-refractivity contribution in [2.75, 3.05) is 0 Å². The number of hydrogen-bond donors (Lipinski definition) is 2. The monoisotopic (exact) mass is 300 g/mol. The standard InChI is InChI=1S/C20H28O2/c1-5-14-11-16(9-10-18(14)21)17-12-15(6-2)19(22)20(7-3,8-4)13-17/h9-13,19,21-22H,5-8H2,1-4H3. The maximum Gasteiger partial charge on any atom is 0.118 e. The van der Waals surface area contributed by atoms with Gasteiger partial charge in [-0.2, -0.15) is 0 Å². The molecule has 1 aliphatic carbocycles. The van der Waals surface area contributed by atoms with Gasteiger partial charge in [-0.15, -0.1) is 0 Å². The molecular weight excluding hydrogens is 272 g/mol. The molecule has 1 aromatic rings. The summed E-state index contributed by atoms with van der Waals surface area (Å²) in [4.78, 5) is 0. The highest BCUT2D eigenvalue weighted by Gasteiger charge is 2.37. The Kier molecular flexibility index (Phi) is 5.12.